The summed E-state index contributed by atoms with van der Waals surface area (Å²) in [6, 6.07) is 5.77. The Balaban J connectivity index is 0.00000144. The molecule has 2 heteroatoms. The third-order valence-corrected chi connectivity index (χ3v) is 2.81. The number of halogens is 1. The Hall–Kier alpha value is -1.27. The minimum absolute atomic E-state index is 0. The fraction of sp³-hybridized carbons (Fsp3) is 0.0667. The second kappa shape index (κ2) is 5.38. The molecule has 0 aliphatic heterocycles. The van der Waals surface area contributed by atoms with Crippen molar-refractivity contribution in [2.75, 3.05) is 0 Å². The molecule has 0 amide bonds. The van der Waals surface area contributed by atoms with Gasteiger partial charge in [0.25, 0.3) is 0 Å². The standard InChI is InChI=1S/C14H10F.CH3.Ni/c1-10-3-8-14(11(2)9-10)12-4-6-13(15)7-5-12;;/h2-4,6-9H,1H3;1H3;/q2*-1;/b14-12-;;. The zero-order chi connectivity index (χ0) is 11.7. The maximum Gasteiger partial charge on any atom is -0.358 e. The molecule has 0 aromatic heterocycles. The summed E-state index contributed by atoms with van der Waals surface area (Å²) >= 11 is 4.80. The van der Waals surface area contributed by atoms with Crippen molar-refractivity contribution in [1.29, 1.82) is 0 Å². The molecular formula is C15H13FNi-2. The summed E-state index contributed by atoms with van der Waals surface area (Å²) in [6.45, 7) is 7.90. The van der Waals surface area contributed by atoms with Gasteiger partial charge >= 0.3 is 101 Å². The topological polar surface area (TPSA) is 0 Å². The van der Waals surface area contributed by atoms with Crippen LogP contribution in [0.25, 0.3) is 12.2 Å². The van der Waals surface area contributed by atoms with Crippen LogP contribution in [0.5, 0.6) is 0 Å². The Morgan fingerprint density at radius 3 is 2.53 bits per heavy atom. The van der Waals surface area contributed by atoms with Crippen molar-refractivity contribution in [1.82, 2.24) is 0 Å². The zero-order valence-corrected chi connectivity index (χ0v) is 10.7. The molecule has 1 aromatic rings. The minimum Gasteiger partial charge on any atom is -0.358 e. The van der Waals surface area contributed by atoms with Crippen LogP contribution in [-0.4, -0.2) is 4.49 Å². The van der Waals surface area contributed by atoms with Crippen LogP contribution in [0, 0.1) is 14.4 Å². The Kier molecular flexibility index (Phi) is 4.36. The smallest absolute Gasteiger partial charge is 0.358 e. The van der Waals surface area contributed by atoms with E-state index < -0.39 is 0 Å². The largest absolute Gasteiger partial charge is 0.358 e. The summed E-state index contributed by atoms with van der Waals surface area (Å²) in [6.07, 6.45) is 4.43. The Morgan fingerprint density at radius 2 is 1.94 bits per heavy atom. The van der Waals surface area contributed by atoms with Crippen LogP contribution < -0.4 is 10.4 Å². The van der Waals surface area contributed by atoms with Gasteiger partial charge in [-0.25, -0.2) is 0 Å². The van der Waals surface area contributed by atoms with Gasteiger partial charge in [-0.05, 0) is 0 Å². The van der Waals surface area contributed by atoms with Crippen LogP contribution in [0.15, 0.2) is 42.3 Å². The summed E-state index contributed by atoms with van der Waals surface area (Å²) in [4.78, 5) is 0. The fourth-order valence-corrected chi connectivity index (χ4v) is 1.96. The summed E-state index contributed by atoms with van der Waals surface area (Å²) in [5.41, 5.74) is 1.91. The van der Waals surface area contributed by atoms with Crippen molar-refractivity contribution in [3.63, 3.8) is 0 Å². The molecule has 0 spiro atoms. The van der Waals surface area contributed by atoms with E-state index in [2.05, 4.69) is 0 Å². The van der Waals surface area contributed by atoms with Gasteiger partial charge in [0.05, 0.1) is 0 Å². The number of rotatable bonds is 0. The predicted octanol–water partition coefficient (Wildman–Crippen LogP) is 2.03. The molecule has 0 fully saturated rings. The SMILES string of the molecule is [CH-]=c1cc(C)cc/c1=C1\C=CC(F)=C[C]1=[Ni].[CH3-]. The van der Waals surface area contributed by atoms with E-state index in [1.807, 2.05) is 25.1 Å². The summed E-state index contributed by atoms with van der Waals surface area (Å²) in [5, 5.41) is 1.54. The van der Waals surface area contributed by atoms with Gasteiger partial charge in [0, 0.05) is 0 Å². The Labute approximate surface area is 109 Å². The molecule has 0 saturated carbocycles. The van der Waals surface area contributed by atoms with Crippen molar-refractivity contribution in [2.24, 2.45) is 0 Å². The van der Waals surface area contributed by atoms with Gasteiger partial charge in [-0.1, -0.05) is 0 Å². The molecule has 0 unspecified atom stereocenters. The molecule has 1 aliphatic carbocycles. The molecule has 0 atom stereocenters. The quantitative estimate of drug-likeness (QED) is 0.500. The molecule has 92 valence electrons. The second-order valence-electron chi connectivity index (χ2n) is 3.68. The maximum absolute atomic E-state index is 12.9. The van der Waals surface area contributed by atoms with E-state index in [9.17, 15) is 4.39 Å². The van der Waals surface area contributed by atoms with Gasteiger partial charge in [0.15, 0.2) is 0 Å². The first-order valence-electron chi connectivity index (χ1n) is 4.86. The van der Waals surface area contributed by atoms with Crippen molar-refractivity contribution in [3.8, 4) is 0 Å². The predicted molar refractivity (Wildman–Crippen MR) is 68.1 cm³/mol. The third-order valence-electron chi connectivity index (χ3n) is 2.40. The van der Waals surface area contributed by atoms with E-state index in [1.54, 1.807) is 6.08 Å². The Bertz CT molecular complexity index is 621. The summed E-state index contributed by atoms with van der Waals surface area (Å²) in [7, 11) is 0. The van der Waals surface area contributed by atoms with Gasteiger partial charge in [0.1, 0.15) is 0 Å². The maximum atomic E-state index is 12.9. The number of hydrogen-bond acceptors (Lipinski definition) is 0. The van der Waals surface area contributed by atoms with E-state index >= 15 is 0 Å². The third kappa shape index (κ3) is 2.89. The number of benzene rings is 1. The summed E-state index contributed by atoms with van der Waals surface area (Å²) < 4.78 is 13.5. The first kappa shape index (κ1) is 13.8. The van der Waals surface area contributed by atoms with Crippen LogP contribution in [0.2, 0.25) is 0 Å². The molecular weight excluding hydrogens is 258 g/mol. The van der Waals surface area contributed by atoms with Crippen LogP contribution in [0.1, 0.15) is 5.56 Å². The van der Waals surface area contributed by atoms with Crippen LogP contribution in [-0.2, 0) is 15.0 Å². The summed E-state index contributed by atoms with van der Waals surface area (Å²) in [5.74, 6) is -0.310. The van der Waals surface area contributed by atoms with E-state index in [0.717, 1.165) is 16.4 Å². The average molecular weight is 271 g/mol. The van der Waals surface area contributed by atoms with Gasteiger partial charge < -0.3 is 7.43 Å². The van der Waals surface area contributed by atoms with Gasteiger partial charge in [0.2, 0.25) is 0 Å². The number of hydrogen-bond donors (Lipinski definition) is 0. The molecule has 1 aromatic carbocycles. The molecule has 1 aliphatic rings. The minimum atomic E-state index is -0.310. The van der Waals surface area contributed by atoms with E-state index in [1.165, 1.54) is 12.2 Å². The van der Waals surface area contributed by atoms with Crippen LogP contribution in [0.4, 0.5) is 4.39 Å². The molecule has 2 rings (SSSR count). The van der Waals surface area contributed by atoms with Crippen LogP contribution in [0.3, 0.4) is 0 Å². The van der Waals surface area contributed by atoms with Gasteiger partial charge in [-0.15, -0.1) is 0 Å². The van der Waals surface area contributed by atoms with Crippen molar-refractivity contribution in [2.45, 2.75) is 6.92 Å². The van der Waals surface area contributed by atoms with E-state index in [4.69, 9.17) is 21.6 Å². The normalized spacial score (nSPS) is 17.6. The second-order valence-corrected chi connectivity index (χ2v) is 4.21. The molecule has 17 heavy (non-hydrogen) atoms. The number of aryl methyl sites for hydroxylation is 1. The van der Waals surface area contributed by atoms with Crippen LogP contribution >= 0.6 is 0 Å². The van der Waals surface area contributed by atoms with Gasteiger partial charge in [-0.2, -0.15) is 0 Å². The van der Waals surface area contributed by atoms with Gasteiger partial charge in [-0.3, -0.25) is 0 Å². The van der Waals surface area contributed by atoms with Crippen molar-refractivity contribution >= 4 is 16.6 Å². The van der Waals surface area contributed by atoms with E-state index in [0.29, 0.717) is 9.71 Å². The average Bonchev–Trinajstić information content (AvgIpc) is 2.19. The molecule has 0 bridgehead atoms. The van der Waals surface area contributed by atoms with Crippen molar-refractivity contribution in [3.05, 3.63) is 65.7 Å². The first-order chi connectivity index (χ1) is 7.58. The molecule has 0 radical (unpaired) electrons. The number of allylic oxidation sites excluding steroid dienone is 4. The molecule has 0 saturated heterocycles. The molecule has 0 N–H and O–H groups in total. The monoisotopic (exact) mass is 270 g/mol. The zero-order valence-electron chi connectivity index (χ0n) is 9.74. The molecule has 0 nitrogen and oxygen atoms in total. The van der Waals surface area contributed by atoms with E-state index in [-0.39, 0.29) is 13.3 Å². The first-order valence-corrected chi connectivity index (χ1v) is 5.36. The Morgan fingerprint density at radius 1 is 1.24 bits per heavy atom. The fourth-order valence-electron chi connectivity index (χ4n) is 1.61. The molecule has 0 heterocycles. The van der Waals surface area contributed by atoms with Crippen molar-refractivity contribution < 1.29 is 19.4 Å².